The lowest BCUT2D eigenvalue weighted by atomic mass is 10.0. The molecule has 0 fully saturated rings. The summed E-state index contributed by atoms with van der Waals surface area (Å²) in [5.74, 6) is 1.15. The number of hydrogen-bond acceptors (Lipinski definition) is 3. The lowest BCUT2D eigenvalue weighted by molar-refractivity contribution is -0.119. The van der Waals surface area contributed by atoms with E-state index in [-0.39, 0.29) is 23.6 Å². The number of rotatable bonds is 9. The Balaban J connectivity index is 2.18. The number of amides is 2. The Morgan fingerprint density at radius 1 is 1.00 bits per heavy atom. The molecule has 0 bridgehead atoms. The molecule has 1 unspecified atom stereocenters. The topological polar surface area (TPSA) is 58.2 Å². The van der Waals surface area contributed by atoms with Gasteiger partial charge in [0.25, 0.3) is 0 Å². The maximum absolute atomic E-state index is 11.8. The second kappa shape index (κ2) is 10.3. The number of hydrogen-bond donors (Lipinski definition) is 2. The summed E-state index contributed by atoms with van der Waals surface area (Å²) in [5, 5.41) is 5.80. The number of thioether (sulfide) groups is 1. The second-order valence-corrected chi connectivity index (χ2v) is 7.33. The van der Waals surface area contributed by atoms with Crippen LogP contribution >= 0.6 is 11.8 Å². The molecule has 0 saturated carbocycles. The van der Waals surface area contributed by atoms with Crippen molar-refractivity contribution in [2.24, 2.45) is 5.92 Å². The molecule has 0 aliphatic rings. The van der Waals surface area contributed by atoms with Crippen LogP contribution in [0.3, 0.4) is 0 Å². The minimum atomic E-state index is -0.0838. The van der Waals surface area contributed by atoms with E-state index in [0.29, 0.717) is 11.7 Å². The number of carbonyl (C=O) groups excluding carboxylic acids is 2. The largest absolute Gasteiger partial charge is 0.353 e. The zero-order valence-corrected chi connectivity index (χ0v) is 15.3. The highest BCUT2D eigenvalue weighted by atomic mass is 32.2. The molecule has 128 valence electrons. The summed E-state index contributed by atoms with van der Waals surface area (Å²) in [6.07, 6.45) is 2.09. The molecule has 0 spiro atoms. The van der Waals surface area contributed by atoms with Crippen molar-refractivity contribution in [3.05, 3.63) is 29.8 Å². The molecule has 0 aliphatic carbocycles. The van der Waals surface area contributed by atoms with E-state index in [1.165, 1.54) is 11.8 Å². The van der Waals surface area contributed by atoms with Crippen LogP contribution in [0.25, 0.3) is 0 Å². The molecule has 0 aliphatic heterocycles. The Kier molecular flexibility index (Phi) is 8.77. The first kappa shape index (κ1) is 19.6. The molecule has 1 aromatic carbocycles. The minimum absolute atomic E-state index is 0.00519. The fraction of sp³-hybridized carbons (Fsp3) is 0.556. The van der Waals surface area contributed by atoms with Crippen molar-refractivity contribution in [3.8, 4) is 0 Å². The van der Waals surface area contributed by atoms with Crippen LogP contribution in [0.2, 0.25) is 0 Å². The number of nitrogens with one attached hydrogen (secondary N) is 2. The van der Waals surface area contributed by atoms with E-state index >= 15 is 0 Å². The van der Waals surface area contributed by atoms with E-state index in [4.69, 9.17) is 0 Å². The molecular weight excluding hydrogens is 308 g/mol. The molecule has 4 nitrogen and oxygen atoms in total. The standard InChI is InChI=1S/C18H28N2O2S/c1-13(2)5-8-15(4)19-17(21)11-23-12-18(22)20-16-9-6-14(3)7-10-16/h6-7,9-10,13,15H,5,8,11-12H2,1-4H3,(H,19,21)(H,20,22). The van der Waals surface area contributed by atoms with Crippen LogP contribution in [0, 0.1) is 12.8 Å². The Hall–Kier alpha value is -1.49. The number of benzene rings is 1. The summed E-state index contributed by atoms with van der Waals surface area (Å²) in [6, 6.07) is 7.85. The van der Waals surface area contributed by atoms with Crippen molar-refractivity contribution in [1.82, 2.24) is 5.32 Å². The van der Waals surface area contributed by atoms with Gasteiger partial charge in [-0.05, 0) is 44.7 Å². The van der Waals surface area contributed by atoms with Gasteiger partial charge in [0.2, 0.25) is 11.8 Å². The normalized spacial score (nSPS) is 12.0. The Morgan fingerprint density at radius 2 is 1.61 bits per heavy atom. The van der Waals surface area contributed by atoms with Gasteiger partial charge in [-0.25, -0.2) is 0 Å². The fourth-order valence-corrected chi connectivity index (χ4v) is 2.67. The van der Waals surface area contributed by atoms with Gasteiger partial charge in [-0.3, -0.25) is 9.59 Å². The van der Waals surface area contributed by atoms with Crippen molar-refractivity contribution in [2.75, 3.05) is 16.8 Å². The van der Waals surface area contributed by atoms with Gasteiger partial charge in [-0.2, -0.15) is 0 Å². The lowest BCUT2D eigenvalue weighted by Crippen LogP contribution is -2.34. The highest BCUT2D eigenvalue weighted by molar-refractivity contribution is 8.00. The van der Waals surface area contributed by atoms with Crippen LogP contribution in [0.15, 0.2) is 24.3 Å². The molecule has 5 heteroatoms. The number of aryl methyl sites for hydroxylation is 1. The fourth-order valence-electron chi connectivity index (χ4n) is 2.04. The smallest absolute Gasteiger partial charge is 0.234 e. The maximum atomic E-state index is 11.8. The SMILES string of the molecule is Cc1ccc(NC(=O)CSCC(=O)NC(C)CCC(C)C)cc1. The summed E-state index contributed by atoms with van der Waals surface area (Å²) < 4.78 is 0. The third-order valence-electron chi connectivity index (χ3n) is 3.39. The monoisotopic (exact) mass is 336 g/mol. The Morgan fingerprint density at radius 3 is 2.22 bits per heavy atom. The molecule has 2 amide bonds. The first-order chi connectivity index (χ1) is 10.9. The molecule has 2 N–H and O–H groups in total. The Bertz CT molecular complexity index is 500. The van der Waals surface area contributed by atoms with Gasteiger partial charge < -0.3 is 10.6 Å². The van der Waals surface area contributed by atoms with E-state index in [1.807, 2.05) is 38.1 Å². The Labute approximate surface area is 143 Å². The van der Waals surface area contributed by atoms with Crippen LogP contribution in [-0.4, -0.2) is 29.4 Å². The van der Waals surface area contributed by atoms with Gasteiger partial charge >= 0.3 is 0 Å². The van der Waals surface area contributed by atoms with Crippen molar-refractivity contribution in [1.29, 1.82) is 0 Å². The predicted molar refractivity (Wildman–Crippen MR) is 98.8 cm³/mol. The average molecular weight is 337 g/mol. The highest BCUT2D eigenvalue weighted by Gasteiger charge is 2.09. The summed E-state index contributed by atoms with van der Waals surface area (Å²) in [4.78, 5) is 23.6. The van der Waals surface area contributed by atoms with Crippen LogP contribution in [0.5, 0.6) is 0 Å². The maximum Gasteiger partial charge on any atom is 0.234 e. The average Bonchev–Trinajstić information content (AvgIpc) is 2.47. The predicted octanol–water partition coefficient (Wildman–Crippen LogP) is 3.61. The van der Waals surface area contributed by atoms with Gasteiger partial charge in [0, 0.05) is 11.7 Å². The van der Waals surface area contributed by atoms with E-state index in [0.717, 1.165) is 24.1 Å². The number of carbonyl (C=O) groups is 2. The van der Waals surface area contributed by atoms with E-state index < -0.39 is 0 Å². The van der Waals surface area contributed by atoms with Crippen molar-refractivity contribution in [2.45, 2.75) is 46.6 Å². The van der Waals surface area contributed by atoms with Crippen LogP contribution in [0.4, 0.5) is 5.69 Å². The van der Waals surface area contributed by atoms with Gasteiger partial charge in [0.1, 0.15) is 0 Å². The zero-order chi connectivity index (χ0) is 17.2. The quantitative estimate of drug-likeness (QED) is 0.724. The highest BCUT2D eigenvalue weighted by Crippen LogP contribution is 2.10. The summed E-state index contributed by atoms with van der Waals surface area (Å²) >= 11 is 1.33. The molecule has 1 rings (SSSR count). The van der Waals surface area contributed by atoms with Crippen molar-refractivity contribution >= 4 is 29.3 Å². The van der Waals surface area contributed by atoms with Crippen LogP contribution in [-0.2, 0) is 9.59 Å². The third kappa shape index (κ3) is 9.29. The minimum Gasteiger partial charge on any atom is -0.353 e. The number of anilines is 1. The van der Waals surface area contributed by atoms with Crippen LogP contribution in [0.1, 0.15) is 39.2 Å². The molecule has 0 saturated heterocycles. The van der Waals surface area contributed by atoms with Gasteiger partial charge in [0.15, 0.2) is 0 Å². The molecule has 1 atom stereocenters. The second-order valence-electron chi connectivity index (χ2n) is 6.35. The van der Waals surface area contributed by atoms with Gasteiger partial charge in [0.05, 0.1) is 11.5 Å². The zero-order valence-electron chi connectivity index (χ0n) is 14.5. The van der Waals surface area contributed by atoms with Crippen LogP contribution < -0.4 is 10.6 Å². The molecular formula is C18H28N2O2S. The first-order valence-electron chi connectivity index (χ1n) is 8.10. The van der Waals surface area contributed by atoms with E-state index in [1.54, 1.807) is 0 Å². The first-order valence-corrected chi connectivity index (χ1v) is 9.26. The van der Waals surface area contributed by atoms with Crippen molar-refractivity contribution < 1.29 is 9.59 Å². The molecule has 0 heterocycles. The third-order valence-corrected chi connectivity index (χ3v) is 4.32. The van der Waals surface area contributed by atoms with Gasteiger partial charge in [-0.15, -0.1) is 11.8 Å². The summed E-state index contributed by atoms with van der Waals surface area (Å²) in [5.41, 5.74) is 1.94. The van der Waals surface area contributed by atoms with E-state index in [9.17, 15) is 9.59 Å². The molecule has 23 heavy (non-hydrogen) atoms. The summed E-state index contributed by atoms with van der Waals surface area (Å²) in [6.45, 7) is 8.38. The van der Waals surface area contributed by atoms with E-state index in [2.05, 4.69) is 24.5 Å². The molecule has 1 aromatic rings. The van der Waals surface area contributed by atoms with Crippen molar-refractivity contribution in [3.63, 3.8) is 0 Å². The lowest BCUT2D eigenvalue weighted by Gasteiger charge is -2.14. The summed E-state index contributed by atoms with van der Waals surface area (Å²) in [7, 11) is 0. The van der Waals surface area contributed by atoms with Gasteiger partial charge in [-0.1, -0.05) is 31.5 Å². The molecule has 0 aromatic heterocycles. The molecule has 0 radical (unpaired) electrons.